The van der Waals surface area contributed by atoms with Crippen LogP contribution in [0.15, 0.2) is 30.3 Å². The van der Waals surface area contributed by atoms with Crippen LogP contribution in [-0.4, -0.2) is 26.1 Å². The lowest BCUT2D eigenvalue weighted by molar-refractivity contribution is 0.0699. The second-order valence-electron chi connectivity index (χ2n) is 4.53. The Hall–Kier alpha value is -2.83. The number of aryl methyl sites for hydroxylation is 1. The zero-order chi connectivity index (χ0) is 15.1. The number of aromatic carboxylic acids is 1. The standard InChI is InChI=1S/C14H9F2N3O2/c1-7-5-10(16)12(6-9(7)15)19-11-4-2-3-8(14(20)21)13(11)17-18-19/h2-6H,1H3,(H,20,21). The Bertz CT molecular complexity index is 874. The first kappa shape index (κ1) is 13.2. The molecule has 3 aromatic rings. The van der Waals surface area contributed by atoms with Gasteiger partial charge in [0.15, 0.2) is 0 Å². The maximum Gasteiger partial charge on any atom is 0.338 e. The SMILES string of the molecule is Cc1cc(F)c(-n2nnc3c(C(=O)O)cccc32)cc1F. The van der Waals surface area contributed by atoms with Crippen molar-refractivity contribution in [3.05, 3.63) is 53.1 Å². The molecule has 0 aliphatic heterocycles. The average molecular weight is 289 g/mol. The number of nitrogens with zero attached hydrogens (tertiary/aromatic N) is 3. The van der Waals surface area contributed by atoms with E-state index < -0.39 is 17.6 Å². The Morgan fingerprint density at radius 2 is 2.00 bits per heavy atom. The van der Waals surface area contributed by atoms with Crippen LogP contribution in [0.25, 0.3) is 16.7 Å². The van der Waals surface area contributed by atoms with E-state index in [-0.39, 0.29) is 27.8 Å². The van der Waals surface area contributed by atoms with Crippen molar-refractivity contribution < 1.29 is 18.7 Å². The molecule has 1 N–H and O–H groups in total. The molecule has 5 nitrogen and oxygen atoms in total. The molecular weight excluding hydrogens is 280 g/mol. The minimum absolute atomic E-state index is 0.0493. The number of hydrogen-bond acceptors (Lipinski definition) is 3. The van der Waals surface area contributed by atoms with E-state index in [1.54, 1.807) is 6.07 Å². The van der Waals surface area contributed by atoms with Crippen LogP contribution >= 0.6 is 0 Å². The molecule has 0 fully saturated rings. The van der Waals surface area contributed by atoms with Crippen molar-refractivity contribution in [1.29, 1.82) is 0 Å². The average Bonchev–Trinajstić information content (AvgIpc) is 2.86. The summed E-state index contributed by atoms with van der Waals surface area (Å²) in [5, 5.41) is 16.6. The third kappa shape index (κ3) is 2.03. The number of rotatable bonds is 2. The van der Waals surface area contributed by atoms with Gasteiger partial charge in [-0.2, -0.15) is 0 Å². The normalized spacial score (nSPS) is 11.0. The summed E-state index contributed by atoms with van der Waals surface area (Å²) < 4.78 is 28.7. The molecule has 0 radical (unpaired) electrons. The summed E-state index contributed by atoms with van der Waals surface area (Å²) in [6.07, 6.45) is 0. The lowest BCUT2D eigenvalue weighted by Gasteiger charge is -2.06. The van der Waals surface area contributed by atoms with Gasteiger partial charge in [-0.05, 0) is 30.7 Å². The number of aromatic nitrogens is 3. The third-order valence-electron chi connectivity index (χ3n) is 3.16. The largest absolute Gasteiger partial charge is 0.478 e. The summed E-state index contributed by atoms with van der Waals surface area (Å²) in [6.45, 7) is 1.45. The molecule has 0 bridgehead atoms. The number of hydrogen-bond donors (Lipinski definition) is 1. The fraction of sp³-hybridized carbons (Fsp3) is 0.0714. The first-order chi connectivity index (χ1) is 9.99. The van der Waals surface area contributed by atoms with Gasteiger partial charge in [0.1, 0.15) is 22.8 Å². The number of carbonyl (C=O) groups is 1. The molecule has 0 saturated carbocycles. The van der Waals surface area contributed by atoms with Crippen molar-refractivity contribution in [3.63, 3.8) is 0 Å². The van der Waals surface area contributed by atoms with Crippen LogP contribution in [0, 0.1) is 18.6 Å². The van der Waals surface area contributed by atoms with Crippen molar-refractivity contribution >= 4 is 17.0 Å². The fourth-order valence-corrected chi connectivity index (χ4v) is 2.09. The second kappa shape index (κ2) is 4.62. The lowest BCUT2D eigenvalue weighted by Crippen LogP contribution is -2.02. The quantitative estimate of drug-likeness (QED) is 0.787. The number of carboxylic acids is 1. The molecule has 106 valence electrons. The van der Waals surface area contributed by atoms with E-state index >= 15 is 0 Å². The van der Waals surface area contributed by atoms with E-state index in [4.69, 9.17) is 5.11 Å². The molecule has 2 aromatic carbocycles. The summed E-state index contributed by atoms with van der Waals surface area (Å²) in [4.78, 5) is 11.1. The summed E-state index contributed by atoms with van der Waals surface area (Å²) in [7, 11) is 0. The first-order valence-corrected chi connectivity index (χ1v) is 6.03. The third-order valence-corrected chi connectivity index (χ3v) is 3.16. The van der Waals surface area contributed by atoms with E-state index in [2.05, 4.69) is 10.3 Å². The summed E-state index contributed by atoms with van der Waals surface area (Å²) in [5.74, 6) is -2.41. The molecule has 7 heteroatoms. The van der Waals surface area contributed by atoms with Gasteiger partial charge >= 0.3 is 5.97 Å². The van der Waals surface area contributed by atoms with Gasteiger partial charge in [0.25, 0.3) is 0 Å². The molecule has 0 spiro atoms. The molecule has 0 aliphatic carbocycles. The lowest BCUT2D eigenvalue weighted by atomic mass is 10.1. The Morgan fingerprint density at radius 3 is 2.71 bits per heavy atom. The van der Waals surface area contributed by atoms with Crippen molar-refractivity contribution in [2.75, 3.05) is 0 Å². The van der Waals surface area contributed by atoms with Crippen LogP contribution in [0.5, 0.6) is 0 Å². The van der Waals surface area contributed by atoms with Crippen LogP contribution < -0.4 is 0 Å². The van der Waals surface area contributed by atoms with E-state index in [0.717, 1.165) is 16.8 Å². The molecule has 1 aromatic heterocycles. The number of benzene rings is 2. The predicted molar refractivity (Wildman–Crippen MR) is 70.5 cm³/mol. The highest BCUT2D eigenvalue weighted by molar-refractivity contribution is 6.00. The molecule has 1 heterocycles. The highest BCUT2D eigenvalue weighted by atomic mass is 19.1. The van der Waals surface area contributed by atoms with Crippen molar-refractivity contribution in [3.8, 4) is 5.69 Å². The second-order valence-corrected chi connectivity index (χ2v) is 4.53. The van der Waals surface area contributed by atoms with Gasteiger partial charge in [0.2, 0.25) is 0 Å². The highest BCUT2D eigenvalue weighted by Crippen LogP contribution is 2.23. The monoisotopic (exact) mass is 289 g/mol. The van der Waals surface area contributed by atoms with Gasteiger partial charge in [-0.25, -0.2) is 18.3 Å². The van der Waals surface area contributed by atoms with E-state index in [0.29, 0.717) is 0 Å². The molecule has 0 amide bonds. The molecule has 0 saturated heterocycles. The van der Waals surface area contributed by atoms with Gasteiger partial charge in [0.05, 0.1) is 11.1 Å². The van der Waals surface area contributed by atoms with Crippen molar-refractivity contribution in [2.24, 2.45) is 0 Å². The minimum atomic E-state index is -1.16. The van der Waals surface area contributed by atoms with E-state index in [1.165, 1.54) is 19.1 Å². The first-order valence-electron chi connectivity index (χ1n) is 6.03. The molecule has 0 atom stereocenters. The van der Waals surface area contributed by atoms with Crippen molar-refractivity contribution in [1.82, 2.24) is 15.0 Å². The van der Waals surface area contributed by atoms with Crippen LogP contribution in [0.2, 0.25) is 0 Å². The molecule has 21 heavy (non-hydrogen) atoms. The zero-order valence-corrected chi connectivity index (χ0v) is 10.8. The van der Waals surface area contributed by atoms with Crippen LogP contribution in [-0.2, 0) is 0 Å². The highest BCUT2D eigenvalue weighted by Gasteiger charge is 2.17. The fourth-order valence-electron chi connectivity index (χ4n) is 2.09. The Balaban J connectivity index is 2.30. The minimum Gasteiger partial charge on any atom is -0.478 e. The van der Waals surface area contributed by atoms with Crippen LogP contribution in [0.1, 0.15) is 15.9 Å². The maximum absolute atomic E-state index is 14.0. The number of carboxylic acid groups (broad SMARTS) is 1. The summed E-state index contributed by atoms with van der Waals surface area (Å²) in [5.41, 5.74) is 0.407. The van der Waals surface area contributed by atoms with Gasteiger partial charge in [-0.1, -0.05) is 11.3 Å². The van der Waals surface area contributed by atoms with Gasteiger partial charge in [-0.15, -0.1) is 5.10 Å². The van der Waals surface area contributed by atoms with Crippen molar-refractivity contribution in [2.45, 2.75) is 6.92 Å². The number of halogens is 2. The Labute approximate surface area is 117 Å². The maximum atomic E-state index is 14.0. The number of fused-ring (bicyclic) bond motifs is 1. The van der Waals surface area contributed by atoms with Gasteiger partial charge < -0.3 is 5.11 Å². The predicted octanol–water partition coefficient (Wildman–Crippen LogP) is 2.71. The molecule has 0 unspecified atom stereocenters. The smallest absolute Gasteiger partial charge is 0.338 e. The molecule has 3 rings (SSSR count). The summed E-state index contributed by atoms with van der Waals surface area (Å²) >= 11 is 0. The Kier molecular flexibility index (Phi) is 2.90. The van der Waals surface area contributed by atoms with E-state index in [9.17, 15) is 13.6 Å². The zero-order valence-electron chi connectivity index (χ0n) is 10.8. The van der Waals surface area contributed by atoms with E-state index in [1.807, 2.05) is 0 Å². The van der Waals surface area contributed by atoms with Crippen LogP contribution in [0.4, 0.5) is 8.78 Å². The Morgan fingerprint density at radius 1 is 1.24 bits per heavy atom. The van der Waals surface area contributed by atoms with Crippen LogP contribution in [0.3, 0.4) is 0 Å². The summed E-state index contributed by atoms with van der Waals surface area (Å²) in [6, 6.07) is 6.47. The van der Waals surface area contributed by atoms with Gasteiger partial charge in [-0.3, -0.25) is 0 Å². The van der Waals surface area contributed by atoms with Gasteiger partial charge in [0, 0.05) is 6.07 Å². The molecular formula is C14H9F2N3O2. The topological polar surface area (TPSA) is 68.0 Å². The molecule has 0 aliphatic rings.